The molecule has 0 aliphatic heterocycles. The molecule has 0 spiro atoms. The molecule has 0 fully saturated rings. The average molecular weight is 394 g/mol. The van der Waals surface area contributed by atoms with Gasteiger partial charge in [-0.2, -0.15) is 0 Å². The highest BCUT2D eigenvalue weighted by atomic mass is 79.9. The van der Waals surface area contributed by atoms with Crippen LogP contribution in [0.15, 0.2) is 22.1 Å². The first-order valence-corrected chi connectivity index (χ1v) is 8.37. The Morgan fingerprint density at radius 3 is 2.65 bits per heavy atom. The summed E-state index contributed by atoms with van der Waals surface area (Å²) in [4.78, 5) is 29.2. The standard InChI is InChI=1S/C16H12BrNO4S/c1-7-16(23-6-18-7)13-12-10(15(20)14(13)17)4-9(21-3)5-11(12)22-8(2)19/h4-6H,1-3H3. The number of halogens is 1. The summed E-state index contributed by atoms with van der Waals surface area (Å²) in [5.74, 6) is 0.125. The zero-order valence-electron chi connectivity index (χ0n) is 12.6. The van der Waals surface area contributed by atoms with Crippen LogP contribution in [0.3, 0.4) is 0 Å². The number of fused-ring (bicyclic) bond motifs is 1. The Hall–Kier alpha value is -1.99. The van der Waals surface area contributed by atoms with Crippen LogP contribution in [0.4, 0.5) is 0 Å². The van der Waals surface area contributed by atoms with E-state index in [2.05, 4.69) is 20.9 Å². The molecule has 0 unspecified atom stereocenters. The number of hydrogen-bond acceptors (Lipinski definition) is 6. The van der Waals surface area contributed by atoms with Crippen LogP contribution in [0.25, 0.3) is 5.57 Å². The molecule has 0 saturated carbocycles. The van der Waals surface area contributed by atoms with E-state index in [0.29, 0.717) is 32.7 Å². The van der Waals surface area contributed by atoms with Crippen LogP contribution in [0.1, 0.15) is 33.4 Å². The summed E-state index contributed by atoms with van der Waals surface area (Å²) in [6.07, 6.45) is 0. The summed E-state index contributed by atoms with van der Waals surface area (Å²) in [6.45, 7) is 3.19. The topological polar surface area (TPSA) is 65.5 Å². The van der Waals surface area contributed by atoms with Gasteiger partial charge in [-0.1, -0.05) is 0 Å². The summed E-state index contributed by atoms with van der Waals surface area (Å²) in [6, 6.07) is 3.25. The van der Waals surface area contributed by atoms with Gasteiger partial charge in [-0.15, -0.1) is 11.3 Å². The Labute approximate surface area is 145 Å². The van der Waals surface area contributed by atoms with E-state index in [0.717, 1.165) is 10.6 Å². The summed E-state index contributed by atoms with van der Waals surface area (Å²) < 4.78 is 11.0. The van der Waals surface area contributed by atoms with Crippen molar-refractivity contribution in [2.75, 3.05) is 7.11 Å². The third-order valence-electron chi connectivity index (χ3n) is 3.45. The zero-order valence-corrected chi connectivity index (χ0v) is 15.0. The lowest BCUT2D eigenvalue weighted by atomic mass is 10.0. The van der Waals surface area contributed by atoms with Gasteiger partial charge in [0.1, 0.15) is 11.5 Å². The molecular weight excluding hydrogens is 382 g/mol. The molecule has 118 valence electrons. The van der Waals surface area contributed by atoms with Crippen LogP contribution >= 0.6 is 27.3 Å². The van der Waals surface area contributed by atoms with Crippen LogP contribution in [0.2, 0.25) is 0 Å². The lowest BCUT2D eigenvalue weighted by Gasteiger charge is -2.12. The fraction of sp³-hybridized carbons (Fsp3) is 0.188. The van der Waals surface area contributed by atoms with Crippen molar-refractivity contribution in [2.24, 2.45) is 0 Å². The second kappa shape index (κ2) is 5.90. The molecule has 0 saturated heterocycles. The summed E-state index contributed by atoms with van der Waals surface area (Å²) in [7, 11) is 1.50. The third kappa shape index (κ3) is 2.60. The molecule has 0 N–H and O–H groups in total. The van der Waals surface area contributed by atoms with Crippen LogP contribution in [-0.2, 0) is 4.79 Å². The second-order valence-electron chi connectivity index (χ2n) is 4.93. The molecule has 3 rings (SSSR count). The van der Waals surface area contributed by atoms with Gasteiger partial charge in [0.2, 0.25) is 5.78 Å². The number of aromatic nitrogens is 1. The molecule has 0 atom stereocenters. The number of hydrogen-bond donors (Lipinski definition) is 0. The molecule has 23 heavy (non-hydrogen) atoms. The van der Waals surface area contributed by atoms with E-state index < -0.39 is 5.97 Å². The minimum atomic E-state index is -0.462. The van der Waals surface area contributed by atoms with E-state index in [1.165, 1.54) is 25.4 Å². The Bertz CT molecular complexity index is 869. The first kappa shape index (κ1) is 15.9. The maximum Gasteiger partial charge on any atom is 0.308 e. The summed E-state index contributed by atoms with van der Waals surface area (Å²) >= 11 is 4.81. The quantitative estimate of drug-likeness (QED) is 0.586. The van der Waals surface area contributed by atoms with Gasteiger partial charge < -0.3 is 9.47 Å². The first-order chi connectivity index (χ1) is 10.9. The second-order valence-corrected chi connectivity index (χ2v) is 6.57. The molecule has 7 heteroatoms. The van der Waals surface area contributed by atoms with E-state index in [1.807, 2.05) is 6.92 Å². The van der Waals surface area contributed by atoms with Gasteiger partial charge in [-0.05, 0) is 28.9 Å². The molecule has 2 aromatic rings. The van der Waals surface area contributed by atoms with Crippen molar-refractivity contribution in [1.82, 2.24) is 4.98 Å². The van der Waals surface area contributed by atoms with Crippen molar-refractivity contribution in [3.63, 3.8) is 0 Å². The van der Waals surface area contributed by atoms with Crippen LogP contribution < -0.4 is 9.47 Å². The number of aryl methyl sites for hydroxylation is 1. The van der Waals surface area contributed by atoms with Gasteiger partial charge in [0.25, 0.3) is 0 Å². The van der Waals surface area contributed by atoms with Crippen molar-refractivity contribution in [3.8, 4) is 11.5 Å². The lowest BCUT2D eigenvalue weighted by molar-refractivity contribution is -0.131. The number of thiazole rings is 1. The Morgan fingerprint density at radius 1 is 1.35 bits per heavy atom. The maximum absolute atomic E-state index is 12.6. The van der Waals surface area contributed by atoms with Gasteiger partial charge in [0.05, 0.1) is 27.7 Å². The van der Waals surface area contributed by atoms with Crippen molar-refractivity contribution in [1.29, 1.82) is 0 Å². The van der Waals surface area contributed by atoms with E-state index in [4.69, 9.17) is 9.47 Å². The lowest BCUT2D eigenvalue weighted by Crippen LogP contribution is -2.06. The number of methoxy groups -OCH3 is 1. The van der Waals surface area contributed by atoms with Gasteiger partial charge in [-0.3, -0.25) is 9.59 Å². The molecular formula is C16H12BrNO4S. The summed E-state index contributed by atoms with van der Waals surface area (Å²) in [5.41, 5.74) is 4.26. The molecule has 1 aromatic heterocycles. The minimum absolute atomic E-state index is 0.171. The van der Waals surface area contributed by atoms with Crippen LogP contribution in [-0.4, -0.2) is 23.8 Å². The van der Waals surface area contributed by atoms with Crippen LogP contribution in [0, 0.1) is 6.92 Å². The largest absolute Gasteiger partial charge is 0.497 e. The molecule has 5 nitrogen and oxygen atoms in total. The molecule has 0 bridgehead atoms. The van der Waals surface area contributed by atoms with Crippen molar-refractivity contribution >= 4 is 44.6 Å². The molecule has 0 amide bonds. The normalized spacial score (nSPS) is 13.3. The highest BCUT2D eigenvalue weighted by molar-refractivity contribution is 9.12. The number of carbonyl (C=O) groups is 2. The van der Waals surface area contributed by atoms with Crippen molar-refractivity contribution in [2.45, 2.75) is 13.8 Å². The predicted molar refractivity (Wildman–Crippen MR) is 90.4 cm³/mol. The number of carbonyl (C=O) groups excluding carboxylic acids is 2. The smallest absolute Gasteiger partial charge is 0.308 e. The van der Waals surface area contributed by atoms with E-state index in [1.54, 1.807) is 17.6 Å². The number of Topliss-reactive ketones (excluding diaryl/α,β-unsaturated/α-hetero) is 1. The fourth-order valence-corrected chi connectivity index (χ4v) is 4.08. The monoisotopic (exact) mass is 393 g/mol. The number of benzene rings is 1. The highest BCUT2D eigenvalue weighted by Crippen LogP contribution is 2.48. The Morgan fingerprint density at radius 2 is 2.09 bits per heavy atom. The number of rotatable bonds is 3. The zero-order chi connectivity index (χ0) is 16.7. The highest BCUT2D eigenvalue weighted by Gasteiger charge is 2.34. The average Bonchev–Trinajstić information content (AvgIpc) is 3.02. The number of ether oxygens (including phenoxy) is 2. The van der Waals surface area contributed by atoms with Gasteiger partial charge in [0.15, 0.2) is 0 Å². The van der Waals surface area contributed by atoms with E-state index in [9.17, 15) is 9.59 Å². The fourth-order valence-electron chi connectivity index (χ4n) is 2.48. The number of nitrogens with zero attached hydrogens (tertiary/aromatic N) is 1. The first-order valence-electron chi connectivity index (χ1n) is 6.69. The third-order valence-corrected chi connectivity index (χ3v) is 5.15. The Balaban J connectivity index is 2.30. The SMILES string of the molecule is COc1cc(OC(C)=O)c2c(c1)C(=O)C(Br)=C2c1scnc1C. The van der Waals surface area contributed by atoms with E-state index >= 15 is 0 Å². The predicted octanol–water partition coefficient (Wildman–Crippen LogP) is 3.74. The number of esters is 1. The molecule has 1 heterocycles. The summed E-state index contributed by atoms with van der Waals surface area (Å²) in [5, 5.41) is 0. The number of ketones is 1. The van der Waals surface area contributed by atoms with Gasteiger partial charge in [-0.25, -0.2) is 4.98 Å². The number of allylic oxidation sites excluding steroid dienone is 1. The minimum Gasteiger partial charge on any atom is -0.497 e. The molecule has 0 radical (unpaired) electrons. The maximum atomic E-state index is 12.6. The van der Waals surface area contributed by atoms with Crippen molar-refractivity contribution < 1.29 is 19.1 Å². The van der Waals surface area contributed by atoms with Gasteiger partial charge in [0, 0.05) is 29.7 Å². The molecule has 1 aliphatic rings. The van der Waals surface area contributed by atoms with Gasteiger partial charge >= 0.3 is 5.97 Å². The Kier molecular flexibility index (Phi) is 4.08. The van der Waals surface area contributed by atoms with Crippen molar-refractivity contribution in [3.05, 3.63) is 43.8 Å². The molecule has 1 aromatic carbocycles. The van der Waals surface area contributed by atoms with E-state index in [-0.39, 0.29) is 5.78 Å². The molecule has 1 aliphatic carbocycles. The van der Waals surface area contributed by atoms with Crippen LogP contribution in [0.5, 0.6) is 11.5 Å².